The summed E-state index contributed by atoms with van der Waals surface area (Å²) in [4.78, 5) is 1.91. The average Bonchev–Trinajstić information content (AvgIpc) is 2.49. The van der Waals surface area contributed by atoms with Gasteiger partial charge in [0.2, 0.25) is 0 Å². The first-order chi connectivity index (χ1) is 6.29. The van der Waals surface area contributed by atoms with Gasteiger partial charge in [-0.25, -0.2) is 0 Å². The lowest BCUT2D eigenvalue weighted by Gasteiger charge is -2.14. The molecule has 0 spiro atoms. The topological polar surface area (TPSA) is 12.5 Å². The number of ether oxygens (including phenoxy) is 1. The number of anilines is 1. The van der Waals surface area contributed by atoms with E-state index in [4.69, 9.17) is 4.74 Å². The number of rotatable bonds is 1. The molecule has 2 radical (unpaired) electrons. The highest BCUT2D eigenvalue weighted by atomic mass is 16.5. The smallest absolute Gasteiger partial charge is 0.319 e. The van der Waals surface area contributed by atoms with Crippen molar-refractivity contribution in [3.8, 4) is 0 Å². The monoisotopic (exact) mass is 173 g/mol. The lowest BCUT2D eigenvalue weighted by atomic mass is 10.3. The largest absolute Gasteiger partial charge is 0.458 e. The minimum atomic E-state index is 0.906. The molecule has 0 saturated carbocycles. The first kappa shape index (κ1) is 8.17. The number of hydrogen-bond donors (Lipinski definition) is 0. The third kappa shape index (κ3) is 1.39. The molecule has 2 nitrogen and oxygen atoms in total. The summed E-state index contributed by atoms with van der Waals surface area (Å²) < 4.78 is 5.19. The van der Waals surface area contributed by atoms with E-state index in [1.54, 1.807) is 0 Å². The van der Waals surface area contributed by atoms with Gasteiger partial charge in [-0.05, 0) is 26.0 Å². The molecule has 0 N–H and O–H groups in total. The van der Waals surface area contributed by atoms with Crippen molar-refractivity contribution in [2.24, 2.45) is 0 Å². The van der Waals surface area contributed by atoms with Gasteiger partial charge < -0.3 is 4.74 Å². The van der Waals surface area contributed by atoms with Crippen LogP contribution in [0, 0.1) is 6.73 Å². The SMILES string of the molecule is CC1=C(C)N(c2ccccc2)[C]O1. The Morgan fingerprint density at radius 3 is 2.38 bits per heavy atom. The second kappa shape index (κ2) is 3.13. The van der Waals surface area contributed by atoms with Gasteiger partial charge >= 0.3 is 6.73 Å². The van der Waals surface area contributed by atoms with Gasteiger partial charge in [-0.3, -0.25) is 4.90 Å². The molecule has 0 fully saturated rings. The lowest BCUT2D eigenvalue weighted by Crippen LogP contribution is -2.12. The number of benzene rings is 1. The van der Waals surface area contributed by atoms with Crippen LogP contribution in [0.2, 0.25) is 0 Å². The minimum Gasteiger partial charge on any atom is -0.458 e. The summed E-state index contributed by atoms with van der Waals surface area (Å²) >= 11 is 0. The van der Waals surface area contributed by atoms with Gasteiger partial charge in [0.1, 0.15) is 5.76 Å². The fourth-order valence-corrected chi connectivity index (χ4v) is 1.24. The Morgan fingerprint density at radius 1 is 1.15 bits per heavy atom. The number of allylic oxidation sites excluding steroid dienone is 2. The maximum Gasteiger partial charge on any atom is 0.319 e. The van der Waals surface area contributed by atoms with Gasteiger partial charge in [0.25, 0.3) is 0 Å². The van der Waals surface area contributed by atoms with E-state index in [1.165, 1.54) is 0 Å². The van der Waals surface area contributed by atoms with Gasteiger partial charge in [-0.1, -0.05) is 18.2 Å². The molecule has 1 heterocycles. The highest BCUT2D eigenvalue weighted by molar-refractivity contribution is 5.54. The van der Waals surface area contributed by atoms with E-state index in [2.05, 4.69) is 6.73 Å². The summed E-state index contributed by atoms with van der Waals surface area (Å²) in [6, 6.07) is 10.0. The van der Waals surface area contributed by atoms with Gasteiger partial charge in [0.15, 0.2) is 0 Å². The molecule has 2 rings (SSSR count). The number of nitrogens with zero attached hydrogens (tertiary/aromatic N) is 1. The van der Waals surface area contributed by atoms with Crippen LogP contribution in [0.4, 0.5) is 5.69 Å². The van der Waals surface area contributed by atoms with Crippen LogP contribution in [-0.4, -0.2) is 0 Å². The van der Waals surface area contributed by atoms with E-state index in [-0.39, 0.29) is 0 Å². The molecule has 0 unspecified atom stereocenters. The van der Waals surface area contributed by atoms with Crippen molar-refractivity contribution in [2.45, 2.75) is 13.8 Å². The van der Waals surface area contributed by atoms with Crippen molar-refractivity contribution in [1.82, 2.24) is 0 Å². The Kier molecular flexibility index (Phi) is 1.97. The van der Waals surface area contributed by atoms with Crippen LogP contribution in [0.15, 0.2) is 41.8 Å². The second-order valence-corrected chi connectivity index (χ2v) is 3.01. The molecule has 0 aliphatic carbocycles. The van der Waals surface area contributed by atoms with Gasteiger partial charge in [-0.2, -0.15) is 0 Å². The maximum absolute atomic E-state index is 5.19. The summed E-state index contributed by atoms with van der Waals surface area (Å²) in [6.07, 6.45) is 0. The molecule has 1 aliphatic rings. The molecule has 13 heavy (non-hydrogen) atoms. The number of para-hydroxylation sites is 1. The maximum atomic E-state index is 5.19. The fraction of sp³-hybridized carbons (Fsp3) is 0.182. The molecule has 0 bridgehead atoms. The molecule has 1 aliphatic heterocycles. The molecule has 0 saturated heterocycles. The zero-order chi connectivity index (χ0) is 9.26. The van der Waals surface area contributed by atoms with E-state index in [1.807, 2.05) is 49.1 Å². The van der Waals surface area contributed by atoms with Crippen LogP contribution in [0.25, 0.3) is 0 Å². The summed E-state index contributed by atoms with van der Waals surface area (Å²) in [5.41, 5.74) is 2.17. The van der Waals surface area contributed by atoms with Crippen molar-refractivity contribution in [2.75, 3.05) is 4.90 Å². The molecular weight excluding hydrogens is 162 g/mol. The average molecular weight is 173 g/mol. The first-order valence-electron chi connectivity index (χ1n) is 4.24. The van der Waals surface area contributed by atoms with Crippen LogP contribution < -0.4 is 4.90 Å². The molecular formula is C11H11NO. The van der Waals surface area contributed by atoms with Crippen LogP contribution in [-0.2, 0) is 4.74 Å². The summed E-state index contributed by atoms with van der Waals surface area (Å²) in [5.74, 6) is 0.906. The van der Waals surface area contributed by atoms with E-state index < -0.39 is 0 Å². The molecule has 1 aromatic carbocycles. The minimum absolute atomic E-state index is 0.906. The van der Waals surface area contributed by atoms with Crippen LogP contribution in [0.5, 0.6) is 0 Å². The molecule has 0 atom stereocenters. The third-order valence-electron chi connectivity index (χ3n) is 2.15. The molecule has 2 heteroatoms. The van der Waals surface area contributed by atoms with Crippen molar-refractivity contribution < 1.29 is 4.74 Å². The van der Waals surface area contributed by atoms with Gasteiger partial charge in [0.05, 0.1) is 5.70 Å². The third-order valence-corrected chi connectivity index (χ3v) is 2.15. The van der Waals surface area contributed by atoms with E-state index in [9.17, 15) is 0 Å². The zero-order valence-corrected chi connectivity index (χ0v) is 7.74. The predicted molar refractivity (Wildman–Crippen MR) is 51.6 cm³/mol. The normalized spacial score (nSPS) is 16.3. The van der Waals surface area contributed by atoms with Gasteiger partial charge in [-0.15, -0.1) is 0 Å². The van der Waals surface area contributed by atoms with Crippen molar-refractivity contribution in [1.29, 1.82) is 0 Å². The highest BCUT2D eigenvalue weighted by Gasteiger charge is 2.20. The molecule has 66 valence electrons. The van der Waals surface area contributed by atoms with Crippen molar-refractivity contribution in [3.05, 3.63) is 48.5 Å². The fourth-order valence-electron chi connectivity index (χ4n) is 1.24. The Hall–Kier alpha value is -1.44. The summed E-state index contributed by atoms with van der Waals surface area (Å²) in [6.45, 7) is 6.78. The first-order valence-corrected chi connectivity index (χ1v) is 4.24. The Balaban J connectivity index is 2.30. The van der Waals surface area contributed by atoms with Crippen LogP contribution in [0.1, 0.15) is 13.8 Å². The molecule has 1 aromatic rings. The number of hydrogen-bond acceptors (Lipinski definition) is 2. The van der Waals surface area contributed by atoms with E-state index >= 15 is 0 Å². The van der Waals surface area contributed by atoms with E-state index in [0.717, 1.165) is 17.1 Å². The van der Waals surface area contributed by atoms with Crippen LogP contribution >= 0.6 is 0 Å². The summed E-state index contributed by atoms with van der Waals surface area (Å²) in [7, 11) is 0. The van der Waals surface area contributed by atoms with Crippen molar-refractivity contribution in [3.63, 3.8) is 0 Å². The standard InChI is InChI=1S/C11H11NO/c1-9-10(2)13-8-12(9)11-6-4-3-5-7-11/h3-7H,1-2H3. The summed E-state index contributed by atoms with van der Waals surface area (Å²) in [5, 5.41) is 0. The molecule has 0 amide bonds. The van der Waals surface area contributed by atoms with Crippen LogP contribution in [0.3, 0.4) is 0 Å². The Morgan fingerprint density at radius 2 is 1.85 bits per heavy atom. The zero-order valence-electron chi connectivity index (χ0n) is 7.74. The second-order valence-electron chi connectivity index (χ2n) is 3.01. The quantitative estimate of drug-likeness (QED) is 0.647. The molecule has 0 aromatic heterocycles. The highest BCUT2D eigenvalue weighted by Crippen LogP contribution is 2.28. The van der Waals surface area contributed by atoms with Gasteiger partial charge in [0, 0.05) is 5.69 Å². The Labute approximate surface area is 78.4 Å². The lowest BCUT2D eigenvalue weighted by molar-refractivity contribution is 0.314. The predicted octanol–water partition coefficient (Wildman–Crippen LogP) is 2.77. The Bertz CT molecular complexity index is 329. The van der Waals surface area contributed by atoms with Crippen molar-refractivity contribution >= 4 is 5.69 Å². The van der Waals surface area contributed by atoms with E-state index in [0.29, 0.717) is 0 Å².